The summed E-state index contributed by atoms with van der Waals surface area (Å²) in [7, 11) is 1.70. The number of amides is 2. The summed E-state index contributed by atoms with van der Waals surface area (Å²) >= 11 is 0. The molecule has 0 aliphatic carbocycles. The van der Waals surface area contributed by atoms with Crippen LogP contribution >= 0.6 is 0 Å². The monoisotopic (exact) mass is 228 g/mol. The molecule has 0 aromatic carbocycles. The second-order valence-electron chi connectivity index (χ2n) is 4.63. The van der Waals surface area contributed by atoms with Crippen LogP contribution in [0.4, 0.5) is 4.79 Å². The number of unbranched alkanes of at least 4 members (excludes halogenated alkanes) is 1. The standard InChI is InChI=1S/C12H24N2O2/c1-11-6-5-8-14(10-11)12(15)13-7-3-4-9-16-2/h11H,3-10H2,1-2H3,(H,13,15). The van der Waals surface area contributed by atoms with Crippen LogP contribution in [0.15, 0.2) is 0 Å². The Morgan fingerprint density at radius 3 is 3.00 bits per heavy atom. The van der Waals surface area contributed by atoms with Crippen molar-refractivity contribution in [3.05, 3.63) is 0 Å². The van der Waals surface area contributed by atoms with Crippen molar-refractivity contribution in [1.82, 2.24) is 10.2 Å². The van der Waals surface area contributed by atoms with Crippen molar-refractivity contribution in [3.63, 3.8) is 0 Å². The lowest BCUT2D eigenvalue weighted by molar-refractivity contribution is 0.168. The fourth-order valence-corrected chi connectivity index (χ4v) is 2.05. The Balaban J connectivity index is 2.09. The Morgan fingerprint density at radius 2 is 2.31 bits per heavy atom. The Morgan fingerprint density at radius 1 is 1.50 bits per heavy atom. The Kier molecular flexibility index (Phi) is 6.23. The molecule has 0 bridgehead atoms. The largest absolute Gasteiger partial charge is 0.385 e. The average Bonchev–Trinajstić information content (AvgIpc) is 2.28. The van der Waals surface area contributed by atoms with Crippen LogP contribution in [-0.4, -0.2) is 44.3 Å². The van der Waals surface area contributed by atoms with Crippen molar-refractivity contribution < 1.29 is 9.53 Å². The summed E-state index contributed by atoms with van der Waals surface area (Å²) in [6.45, 7) is 5.56. The van der Waals surface area contributed by atoms with E-state index in [1.165, 1.54) is 6.42 Å². The van der Waals surface area contributed by atoms with Crippen molar-refractivity contribution in [3.8, 4) is 0 Å². The van der Waals surface area contributed by atoms with E-state index >= 15 is 0 Å². The van der Waals surface area contributed by atoms with Crippen molar-refractivity contribution in [2.75, 3.05) is 33.4 Å². The number of ether oxygens (including phenoxy) is 1. The minimum absolute atomic E-state index is 0.101. The first-order valence-electron chi connectivity index (χ1n) is 6.25. The zero-order chi connectivity index (χ0) is 11.8. The molecule has 4 heteroatoms. The summed E-state index contributed by atoms with van der Waals surface area (Å²) in [6.07, 6.45) is 4.38. The SMILES string of the molecule is COCCCCNC(=O)N1CCCC(C)C1. The van der Waals surface area contributed by atoms with Crippen LogP contribution in [-0.2, 0) is 4.74 Å². The number of rotatable bonds is 5. The first kappa shape index (κ1) is 13.3. The molecule has 1 saturated heterocycles. The van der Waals surface area contributed by atoms with E-state index in [1.54, 1.807) is 7.11 Å². The third-order valence-electron chi connectivity index (χ3n) is 3.00. The fraction of sp³-hybridized carbons (Fsp3) is 0.917. The average molecular weight is 228 g/mol. The molecule has 2 amide bonds. The van der Waals surface area contributed by atoms with Gasteiger partial charge in [0.1, 0.15) is 0 Å². The van der Waals surface area contributed by atoms with E-state index in [4.69, 9.17) is 4.74 Å². The minimum atomic E-state index is 0.101. The number of methoxy groups -OCH3 is 1. The first-order valence-corrected chi connectivity index (χ1v) is 6.25. The van der Waals surface area contributed by atoms with Gasteiger partial charge in [-0.15, -0.1) is 0 Å². The fourth-order valence-electron chi connectivity index (χ4n) is 2.05. The van der Waals surface area contributed by atoms with Gasteiger partial charge in [0.25, 0.3) is 0 Å². The lowest BCUT2D eigenvalue weighted by atomic mass is 10.0. The maximum Gasteiger partial charge on any atom is 0.317 e. The predicted octanol–water partition coefficient (Wildman–Crippen LogP) is 1.85. The second kappa shape index (κ2) is 7.49. The number of hydrogen-bond donors (Lipinski definition) is 1. The zero-order valence-electron chi connectivity index (χ0n) is 10.5. The number of likely N-dealkylation sites (tertiary alicyclic amines) is 1. The molecule has 1 unspecified atom stereocenters. The zero-order valence-corrected chi connectivity index (χ0v) is 10.5. The van der Waals surface area contributed by atoms with Crippen LogP contribution in [0.3, 0.4) is 0 Å². The molecule has 1 aliphatic rings. The van der Waals surface area contributed by atoms with Gasteiger partial charge in [-0.2, -0.15) is 0 Å². The number of hydrogen-bond acceptors (Lipinski definition) is 2. The molecule has 16 heavy (non-hydrogen) atoms. The van der Waals surface area contributed by atoms with Crippen LogP contribution in [0.5, 0.6) is 0 Å². The van der Waals surface area contributed by atoms with E-state index in [0.29, 0.717) is 5.92 Å². The van der Waals surface area contributed by atoms with E-state index in [9.17, 15) is 4.79 Å². The number of nitrogens with one attached hydrogen (secondary N) is 1. The van der Waals surface area contributed by atoms with Crippen LogP contribution in [0.1, 0.15) is 32.6 Å². The van der Waals surface area contributed by atoms with Gasteiger partial charge in [0, 0.05) is 33.4 Å². The van der Waals surface area contributed by atoms with Gasteiger partial charge >= 0.3 is 6.03 Å². The molecule has 0 aromatic heterocycles. The van der Waals surface area contributed by atoms with E-state index in [2.05, 4.69) is 12.2 Å². The molecule has 1 aliphatic heterocycles. The normalized spacial score (nSPS) is 20.9. The Labute approximate surface area is 98.3 Å². The molecule has 94 valence electrons. The van der Waals surface area contributed by atoms with E-state index < -0.39 is 0 Å². The molecule has 1 rings (SSSR count). The predicted molar refractivity (Wildman–Crippen MR) is 64.5 cm³/mol. The molecular weight excluding hydrogens is 204 g/mol. The van der Waals surface area contributed by atoms with E-state index in [1.807, 2.05) is 4.90 Å². The third-order valence-corrected chi connectivity index (χ3v) is 3.00. The Hall–Kier alpha value is -0.770. The van der Waals surface area contributed by atoms with Gasteiger partial charge in [0.15, 0.2) is 0 Å². The second-order valence-corrected chi connectivity index (χ2v) is 4.63. The van der Waals surface area contributed by atoms with Gasteiger partial charge < -0.3 is 15.0 Å². The molecule has 4 nitrogen and oxygen atoms in total. The molecule has 0 saturated carbocycles. The topological polar surface area (TPSA) is 41.6 Å². The number of urea groups is 1. The lowest BCUT2D eigenvalue weighted by Crippen LogP contribution is -2.45. The summed E-state index contributed by atoms with van der Waals surface area (Å²) in [5, 5.41) is 2.96. The van der Waals surface area contributed by atoms with Crippen molar-refractivity contribution >= 4 is 6.03 Å². The van der Waals surface area contributed by atoms with Crippen molar-refractivity contribution in [2.45, 2.75) is 32.6 Å². The van der Waals surface area contributed by atoms with Gasteiger partial charge in [-0.3, -0.25) is 0 Å². The number of carbonyl (C=O) groups is 1. The first-order chi connectivity index (χ1) is 7.74. The van der Waals surface area contributed by atoms with Crippen LogP contribution < -0.4 is 5.32 Å². The van der Waals surface area contributed by atoms with Gasteiger partial charge in [-0.25, -0.2) is 4.79 Å². The molecule has 0 aromatic rings. The molecule has 1 atom stereocenters. The van der Waals surface area contributed by atoms with Gasteiger partial charge in [0.2, 0.25) is 0 Å². The molecule has 0 spiro atoms. The van der Waals surface area contributed by atoms with Crippen molar-refractivity contribution in [2.24, 2.45) is 5.92 Å². The molecule has 0 radical (unpaired) electrons. The van der Waals surface area contributed by atoms with Crippen LogP contribution in [0, 0.1) is 5.92 Å². The smallest absolute Gasteiger partial charge is 0.317 e. The molecule has 1 fully saturated rings. The summed E-state index contributed by atoms with van der Waals surface area (Å²) in [5.41, 5.74) is 0. The Bertz CT molecular complexity index is 209. The van der Waals surface area contributed by atoms with Crippen LogP contribution in [0.2, 0.25) is 0 Å². The quantitative estimate of drug-likeness (QED) is 0.730. The van der Waals surface area contributed by atoms with E-state index in [0.717, 1.165) is 45.5 Å². The molecule has 1 heterocycles. The van der Waals surface area contributed by atoms with Gasteiger partial charge in [-0.05, 0) is 31.6 Å². The van der Waals surface area contributed by atoms with Crippen molar-refractivity contribution in [1.29, 1.82) is 0 Å². The number of nitrogens with zero attached hydrogens (tertiary/aromatic N) is 1. The molecule has 1 N–H and O–H groups in total. The van der Waals surface area contributed by atoms with Crippen LogP contribution in [0.25, 0.3) is 0 Å². The summed E-state index contributed by atoms with van der Waals surface area (Å²) in [6, 6.07) is 0.101. The lowest BCUT2D eigenvalue weighted by Gasteiger charge is -2.30. The minimum Gasteiger partial charge on any atom is -0.385 e. The highest BCUT2D eigenvalue weighted by atomic mass is 16.5. The summed E-state index contributed by atoms with van der Waals surface area (Å²) in [5.74, 6) is 0.646. The molecular formula is C12H24N2O2. The van der Waals surface area contributed by atoms with Gasteiger partial charge in [-0.1, -0.05) is 6.92 Å². The highest BCUT2D eigenvalue weighted by molar-refractivity contribution is 5.74. The third kappa shape index (κ3) is 4.84. The highest BCUT2D eigenvalue weighted by Crippen LogP contribution is 2.15. The maximum absolute atomic E-state index is 11.8. The summed E-state index contributed by atoms with van der Waals surface area (Å²) in [4.78, 5) is 13.7. The van der Waals surface area contributed by atoms with E-state index in [-0.39, 0.29) is 6.03 Å². The highest BCUT2D eigenvalue weighted by Gasteiger charge is 2.20. The number of piperidine rings is 1. The number of carbonyl (C=O) groups excluding carboxylic acids is 1. The maximum atomic E-state index is 11.8. The summed E-state index contributed by atoms with van der Waals surface area (Å²) < 4.78 is 4.96. The van der Waals surface area contributed by atoms with Gasteiger partial charge in [0.05, 0.1) is 0 Å².